The van der Waals surface area contributed by atoms with Crippen molar-refractivity contribution in [2.75, 3.05) is 0 Å². The van der Waals surface area contributed by atoms with Crippen LogP contribution >= 0.6 is 11.3 Å². The highest BCUT2D eigenvalue weighted by atomic mass is 32.1. The first-order valence-corrected chi connectivity index (χ1v) is 6.30. The van der Waals surface area contributed by atoms with Crippen LogP contribution in [0.25, 0.3) is 11.3 Å². The average Bonchev–Trinajstić information content (AvgIpc) is 2.71. The summed E-state index contributed by atoms with van der Waals surface area (Å²) in [5.74, 6) is -1.14. The fourth-order valence-corrected chi connectivity index (χ4v) is 2.41. The van der Waals surface area contributed by atoms with Crippen molar-refractivity contribution < 1.29 is 23.4 Å². The summed E-state index contributed by atoms with van der Waals surface area (Å²) in [6.07, 6.45) is 0. The maximum atomic E-state index is 12.0. The maximum absolute atomic E-state index is 12.0. The summed E-state index contributed by atoms with van der Waals surface area (Å²) in [5.41, 5.74) is 0.970. The second-order valence-corrected chi connectivity index (χ2v) is 4.59. The smallest absolute Gasteiger partial charge is 0.387 e. The van der Waals surface area contributed by atoms with Gasteiger partial charge in [-0.25, -0.2) is 0 Å². The number of thiazole rings is 1. The van der Waals surface area contributed by atoms with E-state index in [2.05, 4.69) is 4.74 Å². The summed E-state index contributed by atoms with van der Waals surface area (Å²) >= 11 is 0.876. The Labute approximate surface area is 115 Å². The first-order valence-electron chi connectivity index (χ1n) is 5.42. The zero-order chi connectivity index (χ0) is 14.7. The van der Waals surface area contributed by atoms with Crippen LogP contribution in [-0.2, 0) is 11.3 Å². The van der Waals surface area contributed by atoms with Crippen molar-refractivity contribution in [1.29, 1.82) is 0 Å². The molecule has 1 aromatic heterocycles. The lowest BCUT2D eigenvalue weighted by molar-refractivity contribution is -0.137. The molecule has 1 aromatic carbocycles. The molecule has 0 spiro atoms. The first-order chi connectivity index (χ1) is 9.47. The van der Waals surface area contributed by atoms with Crippen LogP contribution in [0.4, 0.5) is 8.78 Å². The molecule has 0 bridgehead atoms. The van der Waals surface area contributed by atoms with E-state index in [1.165, 1.54) is 29.6 Å². The van der Waals surface area contributed by atoms with E-state index >= 15 is 0 Å². The minimum Gasteiger partial charge on any atom is -0.480 e. The van der Waals surface area contributed by atoms with Crippen LogP contribution in [0.5, 0.6) is 5.75 Å². The van der Waals surface area contributed by atoms with Crippen molar-refractivity contribution in [2.45, 2.75) is 13.2 Å². The normalized spacial score (nSPS) is 10.8. The molecule has 20 heavy (non-hydrogen) atoms. The van der Waals surface area contributed by atoms with Crippen molar-refractivity contribution >= 4 is 17.3 Å². The molecular formula is C12H9F2NO4S. The van der Waals surface area contributed by atoms with Gasteiger partial charge in [0.25, 0.3) is 0 Å². The highest BCUT2D eigenvalue weighted by Crippen LogP contribution is 2.23. The largest absolute Gasteiger partial charge is 0.480 e. The molecule has 0 saturated heterocycles. The Kier molecular flexibility index (Phi) is 4.14. The lowest BCUT2D eigenvalue weighted by Gasteiger charge is -2.07. The Morgan fingerprint density at radius 2 is 2.00 bits per heavy atom. The van der Waals surface area contributed by atoms with E-state index in [9.17, 15) is 18.4 Å². The third-order valence-corrected chi connectivity index (χ3v) is 3.21. The molecule has 0 aliphatic carbocycles. The quantitative estimate of drug-likeness (QED) is 0.919. The third kappa shape index (κ3) is 3.21. The van der Waals surface area contributed by atoms with Crippen LogP contribution in [-0.4, -0.2) is 22.3 Å². The molecule has 1 N–H and O–H groups in total. The van der Waals surface area contributed by atoms with Crippen molar-refractivity contribution in [3.05, 3.63) is 39.3 Å². The summed E-state index contributed by atoms with van der Waals surface area (Å²) in [6.45, 7) is -3.36. The molecule has 0 unspecified atom stereocenters. The van der Waals surface area contributed by atoms with E-state index < -0.39 is 24.0 Å². The molecule has 0 atom stereocenters. The summed E-state index contributed by atoms with van der Waals surface area (Å²) < 4.78 is 29.4. The van der Waals surface area contributed by atoms with E-state index in [4.69, 9.17) is 5.11 Å². The lowest BCUT2D eigenvalue weighted by Crippen LogP contribution is -2.19. The van der Waals surface area contributed by atoms with E-state index in [0.29, 0.717) is 11.3 Å². The zero-order valence-corrected chi connectivity index (χ0v) is 10.8. The lowest BCUT2D eigenvalue weighted by atomic mass is 10.1. The molecule has 0 radical (unpaired) electrons. The van der Waals surface area contributed by atoms with Gasteiger partial charge in [0.2, 0.25) is 0 Å². The van der Waals surface area contributed by atoms with Crippen LogP contribution in [0.15, 0.2) is 34.4 Å². The van der Waals surface area contributed by atoms with Gasteiger partial charge in [-0.2, -0.15) is 8.78 Å². The minimum atomic E-state index is -2.91. The Morgan fingerprint density at radius 1 is 1.35 bits per heavy atom. The molecule has 0 aliphatic rings. The first kappa shape index (κ1) is 14.2. The van der Waals surface area contributed by atoms with E-state index in [0.717, 1.165) is 15.9 Å². The Morgan fingerprint density at radius 3 is 2.55 bits per heavy atom. The molecule has 0 saturated carbocycles. The Bertz CT molecular complexity index is 663. The second kappa shape index (κ2) is 5.83. The van der Waals surface area contributed by atoms with Crippen LogP contribution in [0.3, 0.4) is 0 Å². The second-order valence-electron chi connectivity index (χ2n) is 3.77. The number of aromatic nitrogens is 1. The Hall–Kier alpha value is -2.22. The van der Waals surface area contributed by atoms with Gasteiger partial charge in [-0.15, -0.1) is 0 Å². The predicted molar refractivity (Wildman–Crippen MR) is 68.3 cm³/mol. The molecule has 2 rings (SSSR count). The van der Waals surface area contributed by atoms with Gasteiger partial charge in [-0.1, -0.05) is 11.3 Å². The SMILES string of the molecule is O=C(O)Cn1c(-c2ccc(OC(F)F)cc2)csc1=O. The van der Waals surface area contributed by atoms with Gasteiger partial charge in [-0.3, -0.25) is 14.2 Å². The number of carboxylic acid groups (broad SMARTS) is 1. The van der Waals surface area contributed by atoms with Gasteiger partial charge in [0.05, 0.1) is 5.69 Å². The number of nitrogens with zero attached hydrogens (tertiary/aromatic N) is 1. The summed E-state index contributed by atoms with van der Waals surface area (Å²) in [5, 5.41) is 10.3. The number of carbonyl (C=O) groups is 1. The highest BCUT2D eigenvalue weighted by molar-refractivity contribution is 7.07. The highest BCUT2D eigenvalue weighted by Gasteiger charge is 2.12. The van der Waals surface area contributed by atoms with Crippen LogP contribution in [0, 0.1) is 0 Å². The standard InChI is InChI=1S/C12H9F2NO4S/c13-11(14)19-8-3-1-7(2-4-8)9-6-20-12(18)15(9)5-10(16)17/h1-4,6,11H,5H2,(H,16,17). The van der Waals surface area contributed by atoms with E-state index in [-0.39, 0.29) is 5.75 Å². The maximum Gasteiger partial charge on any atom is 0.387 e. The van der Waals surface area contributed by atoms with Crippen molar-refractivity contribution in [3.63, 3.8) is 0 Å². The molecule has 0 fully saturated rings. The number of alkyl halides is 2. The number of rotatable bonds is 5. The van der Waals surface area contributed by atoms with Crippen LogP contribution in [0.2, 0.25) is 0 Å². The number of ether oxygens (including phenoxy) is 1. The van der Waals surface area contributed by atoms with Crippen molar-refractivity contribution in [1.82, 2.24) is 4.57 Å². The fraction of sp³-hybridized carbons (Fsp3) is 0.167. The van der Waals surface area contributed by atoms with E-state index in [1.807, 2.05) is 0 Å². The summed E-state index contributed by atoms with van der Waals surface area (Å²) in [6, 6.07) is 5.62. The summed E-state index contributed by atoms with van der Waals surface area (Å²) in [7, 11) is 0. The topological polar surface area (TPSA) is 68.5 Å². The minimum absolute atomic E-state index is 0.00823. The predicted octanol–water partition coefficient (Wildman–Crippen LogP) is 2.26. The third-order valence-electron chi connectivity index (χ3n) is 2.45. The van der Waals surface area contributed by atoms with E-state index in [1.54, 1.807) is 0 Å². The van der Waals surface area contributed by atoms with Gasteiger partial charge in [0, 0.05) is 5.38 Å². The molecule has 5 nitrogen and oxygen atoms in total. The monoisotopic (exact) mass is 301 g/mol. The molecule has 1 heterocycles. The number of benzene rings is 1. The Balaban J connectivity index is 2.32. The van der Waals surface area contributed by atoms with Crippen LogP contribution < -0.4 is 9.61 Å². The van der Waals surface area contributed by atoms with Crippen molar-refractivity contribution in [2.24, 2.45) is 0 Å². The van der Waals surface area contributed by atoms with Crippen LogP contribution in [0.1, 0.15) is 0 Å². The number of halogens is 2. The molecule has 106 valence electrons. The molecule has 8 heteroatoms. The van der Waals surface area contributed by atoms with Gasteiger partial charge in [-0.05, 0) is 29.8 Å². The molecule has 2 aromatic rings. The van der Waals surface area contributed by atoms with Gasteiger partial charge in [0.15, 0.2) is 0 Å². The molecule has 0 amide bonds. The zero-order valence-electron chi connectivity index (χ0n) is 9.95. The summed E-state index contributed by atoms with van der Waals surface area (Å²) in [4.78, 5) is 21.9. The van der Waals surface area contributed by atoms with Gasteiger partial charge < -0.3 is 9.84 Å². The van der Waals surface area contributed by atoms with Crippen molar-refractivity contribution in [3.8, 4) is 17.0 Å². The van der Waals surface area contributed by atoms with Gasteiger partial charge in [0.1, 0.15) is 12.3 Å². The molecular weight excluding hydrogens is 292 g/mol. The number of hydrogen-bond acceptors (Lipinski definition) is 4. The number of carboxylic acids is 1. The number of hydrogen-bond donors (Lipinski definition) is 1. The molecule has 0 aliphatic heterocycles. The number of aliphatic carboxylic acids is 1. The fourth-order valence-electron chi connectivity index (χ4n) is 1.65. The van der Waals surface area contributed by atoms with Gasteiger partial charge >= 0.3 is 17.5 Å². The average molecular weight is 301 g/mol.